The second-order valence-electron chi connectivity index (χ2n) is 3.85. The molecule has 0 aliphatic carbocycles. The van der Waals surface area contributed by atoms with E-state index in [0.717, 1.165) is 16.7 Å². The summed E-state index contributed by atoms with van der Waals surface area (Å²) in [6, 6.07) is 3.72. The highest BCUT2D eigenvalue weighted by atomic mass is 32.1. The Labute approximate surface area is 103 Å². The number of nitrogens with zero attached hydrogens (tertiary/aromatic N) is 1. The molecule has 1 heterocycles. The van der Waals surface area contributed by atoms with E-state index < -0.39 is 5.97 Å². The van der Waals surface area contributed by atoms with E-state index in [1.165, 1.54) is 16.7 Å². The zero-order valence-electron chi connectivity index (χ0n) is 9.52. The first-order valence-corrected chi connectivity index (χ1v) is 5.93. The Morgan fingerprint density at radius 2 is 2.12 bits per heavy atom. The lowest BCUT2D eigenvalue weighted by Gasteiger charge is -2.07. The van der Waals surface area contributed by atoms with E-state index in [1.54, 1.807) is 0 Å². The molecule has 0 aliphatic heterocycles. The number of aryl methyl sites for hydroxylation is 1. The van der Waals surface area contributed by atoms with Gasteiger partial charge in [-0.1, -0.05) is 0 Å². The van der Waals surface area contributed by atoms with E-state index in [1.807, 2.05) is 26.0 Å². The van der Waals surface area contributed by atoms with Gasteiger partial charge in [-0.3, -0.25) is 0 Å². The number of carboxylic acids is 1. The van der Waals surface area contributed by atoms with Gasteiger partial charge in [-0.05, 0) is 37.1 Å². The highest BCUT2D eigenvalue weighted by molar-refractivity contribution is 7.13. The van der Waals surface area contributed by atoms with Gasteiger partial charge in [-0.15, -0.1) is 11.3 Å². The SMILES string of the molecule is Cc1cc(N)cc(-c2nc(C(=O)O)cs2)c1C. The van der Waals surface area contributed by atoms with E-state index in [-0.39, 0.29) is 5.69 Å². The van der Waals surface area contributed by atoms with Crippen molar-refractivity contribution in [1.29, 1.82) is 0 Å². The number of thiazole rings is 1. The number of carboxylic acid groups (broad SMARTS) is 1. The molecule has 88 valence electrons. The second kappa shape index (κ2) is 4.18. The Bertz CT molecular complexity index is 590. The number of benzene rings is 1. The van der Waals surface area contributed by atoms with Gasteiger partial charge in [0.2, 0.25) is 0 Å². The van der Waals surface area contributed by atoms with Gasteiger partial charge >= 0.3 is 5.97 Å². The van der Waals surface area contributed by atoms with Gasteiger partial charge < -0.3 is 10.8 Å². The minimum absolute atomic E-state index is 0.0736. The van der Waals surface area contributed by atoms with Crippen LogP contribution in [0.15, 0.2) is 17.5 Å². The highest BCUT2D eigenvalue weighted by Crippen LogP contribution is 2.30. The molecule has 17 heavy (non-hydrogen) atoms. The molecule has 4 nitrogen and oxygen atoms in total. The molecule has 0 atom stereocenters. The van der Waals surface area contributed by atoms with Gasteiger partial charge in [0.25, 0.3) is 0 Å². The molecule has 0 radical (unpaired) electrons. The number of aromatic carboxylic acids is 1. The third-order valence-electron chi connectivity index (χ3n) is 2.64. The largest absolute Gasteiger partial charge is 0.476 e. The van der Waals surface area contributed by atoms with Crippen LogP contribution in [-0.4, -0.2) is 16.1 Å². The van der Waals surface area contributed by atoms with Gasteiger partial charge in [0.05, 0.1) is 0 Å². The van der Waals surface area contributed by atoms with Crippen molar-refractivity contribution in [2.24, 2.45) is 0 Å². The van der Waals surface area contributed by atoms with Crippen LogP contribution in [-0.2, 0) is 0 Å². The number of nitrogen functional groups attached to an aromatic ring is 1. The monoisotopic (exact) mass is 248 g/mol. The van der Waals surface area contributed by atoms with Crippen molar-refractivity contribution in [3.05, 3.63) is 34.3 Å². The van der Waals surface area contributed by atoms with Crippen molar-refractivity contribution in [1.82, 2.24) is 4.98 Å². The normalized spacial score (nSPS) is 10.5. The quantitative estimate of drug-likeness (QED) is 0.801. The van der Waals surface area contributed by atoms with Crippen LogP contribution < -0.4 is 5.73 Å². The molecule has 2 aromatic rings. The summed E-state index contributed by atoms with van der Waals surface area (Å²) in [5, 5.41) is 11.1. The van der Waals surface area contributed by atoms with Crippen molar-refractivity contribution in [3.8, 4) is 10.6 Å². The van der Waals surface area contributed by atoms with Gasteiger partial charge in [0.1, 0.15) is 5.01 Å². The van der Waals surface area contributed by atoms with Crippen LogP contribution in [0.25, 0.3) is 10.6 Å². The van der Waals surface area contributed by atoms with Crippen molar-refractivity contribution in [3.63, 3.8) is 0 Å². The number of anilines is 1. The average Bonchev–Trinajstić information content (AvgIpc) is 2.72. The molecule has 0 saturated heterocycles. The predicted molar refractivity (Wildman–Crippen MR) is 68.4 cm³/mol. The van der Waals surface area contributed by atoms with Crippen molar-refractivity contribution >= 4 is 23.0 Å². The summed E-state index contributed by atoms with van der Waals surface area (Å²) in [6.45, 7) is 3.95. The molecule has 5 heteroatoms. The molecule has 0 aliphatic rings. The Morgan fingerprint density at radius 3 is 2.71 bits per heavy atom. The van der Waals surface area contributed by atoms with Crippen LogP contribution in [0.1, 0.15) is 21.6 Å². The summed E-state index contributed by atoms with van der Waals surface area (Å²) in [5.41, 5.74) is 9.58. The molecule has 0 fully saturated rings. The molecule has 1 aromatic carbocycles. The van der Waals surface area contributed by atoms with E-state index in [4.69, 9.17) is 10.8 Å². The molecule has 0 spiro atoms. The lowest BCUT2D eigenvalue weighted by molar-refractivity contribution is 0.0691. The molecule has 0 unspecified atom stereocenters. The number of aromatic nitrogens is 1. The number of hydrogen-bond acceptors (Lipinski definition) is 4. The number of hydrogen-bond donors (Lipinski definition) is 2. The maximum atomic E-state index is 10.8. The summed E-state index contributed by atoms with van der Waals surface area (Å²) < 4.78 is 0. The summed E-state index contributed by atoms with van der Waals surface area (Å²) in [5.74, 6) is -1.01. The van der Waals surface area contributed by atoms with E-state index in [9.17, 15) is 4.79 Å². The van der Waals surface area contributed by atoms with E-state index in [0.29, 0.717) is 10.7 Å². The van der Waals surface area contributed by atoms with Crippen molar-refractivity contribution in [2.75, 3.05) is 5.73 Å². The van der Waals surface area contributed by atoms with Crippen LogP contribution in [0.2, 0.25) is 0 Å². The van der Waals surface area contributed by atoms with E-state index >= 15 is 0 Å². The Kier molecular flexibility index (Phi) is 2.85. The Balaban J connectivity index is 2.56. The number of rotatable bonds is 2. The first kappa shape index (κ1) is 11.6. The predicted octanol–water partition coefficient (Wildman–Crippen LogP) is 2.71. The van der Waals surface area contributed by atoms with Crippen LogP contribution in [0, 0.1) is 13.8 Å². The third-order valence-corrected chi connectivity index (χ3v) is 3.52. The Hall–Kier alpha value is -1.88. The maximum Gasteiger partial charge on any atom is 0.355 e. The van der Waals surface area contributed by atoms with Crippen LogP contribution in [0.5, 0.6) is 0 Å². The second-order valence-corrected chi connectivity index (χ2v) is 4.71. The van der Waals surface area contributed by atoms with Crippen molar-refractivity contribution < 1.29 is 9.90 Å². The number of nitrogens with two attached hydrogens (primary N) is 1. The highest BCUT2D eigenvalue weighted by Gasteiger charge is 2.13. The molecule has 0 bridgehead atoms. The fraction of sp³-hybridized carbons (Fsp3) is 0.167. The first-order valence-electron chi connectivity index (χ1n) is 5.05. The van der Waals surface area contributed by atoms with Gasteiger partial charge in [0.15, 0.2) is 5.69 Å². The molecule has 2 rings (SSSR count). The lowest BCUT2D eigenvalue weighted by atomic mass is 10.0. The average molecular weight is 248 g/mol. The topological polar surface area (TPSA) is 76.2 Å². The zero-order chi connectivity index (χ0) is 12.6. The lowest BCUT2D eigenvalue weighted by Crippen LogP contribution is -1.97. The summed E-state index contributed by atoms with van der Waals surface area (Å²) >= 11 is 1.32. The van der Waals surface area contributed by atoms with Gasteiger partial charge in [-0.25, -0.2) is 9.78 Å². The van der Waals surface area contributed by atoms with Gasteiger partial charge in [0, 0.05) is 16.6 Å². The third kappa shape index (κ3) is 2.14. The number of carbonyl (C=O) groups is 1. The molecular formula is C12H12N2O2S. The summed E-state index contributed by atoms with van der Waals surface area (Å²) in [7, 11) is 0. The van der Waals surface area contributed by atoms with Crippen LogP contribution in [0.4, 0.5) is 5.69 Å². The fourth-order valence-corrected chi connectivity index (χ4v) is 2.47. The molecule has 0 amide bonds. The fourth-order valence-electron chi connectivity index (χ4n) is 1.61. The minimum atomic E-state index is -1.01. The van der Waals surface area contributed by atoms with Crippen LogP contribution >= 0.6 is 11.3 Å². The van der Waals surface area contributed by atoms with Crippen LogP contribution in [0.3, 0.4) is 0 Å². The standard InChI is InChI=1S/C12H12N2O2S/c1-6-3-8(13)4-9(7(6)2)11-14-10(5-17-11)12(15)16/h3-5H,13H2,1-2H3,(H,15,16). The smallest absolute Gasteiger partial charge is 0.355 e. The zero-order valence-corrected chi connectivity index (χ0v) is 10.3. The van der Waals surface area contributed by atoms with Crippen molar-refractivity contribution in [2.45, 2.75) is 13.8 Å². The Morgan fingerprint density at radius 1 is 1.41 bits per heavy atom. The maximum absolute atomic E-state index is 10.8. The molecule has 1 aromatic heterocycles. The summed E-state index contributed by atoms with van der Waals surface area (Å²) in [4.78, 5) is 14.9. The first-order chi connectivity index (χ1) is 7.99. The van der Waals surface area contributed by atoms with E-state index in [2.05, 4.69) is 4.98 Å². The minimum Gasteiger partial charge on any atom is -0.476 e. The molecule has 0 saturated carbocycles. The summed E-state index contributed by atoms with van der Waals surface area (Å²) in [6.07, 6.45) is 0. The molecular weight excluding hydrogens is 236 g/mol. The molecule has 3 N–H and O–H groups in total. The van der Waals surface area contributed by atoms with Gasteiger partial charge in [-0.2, -0.15) is 0 Å².